The van der Waals surface area contributed by atoms with E-state index in [2.05, 4.69) is 10.2 Å². The lowest BCUT2D eigenvalue weighted by atomic mass is 10.00. The predicted molar refractivity (Wildman–Crippen MR) is 68.2 cm³/mol. The number of hydrogen-bond donors (Lipinski definition) is 2. The Morgan fingerprint density at radius 3 is 3.06 bits per heavy atom. The molecule has 0 aliphatic carbocycles. The van der Waals surface area contributed by atoms with E-state index in [0.717, 1.165) is 16.7 Å². The molecule has 1 saturated heterocycles. The van der Waals surface area contributed by atoms with Gasteiger partial charge in [-0.2, -0.15) is 5.10 Å². The molecule has 18 heavy (non-hydrogen) atoms. The number of nitrogens with one attached hydrogen (secondary N) is 1. The smallest absolute Gasteiger partial charge is 0.312 e. The summed E-state index contributed by atoms with van der Waals surface area (Å²) in [5.74, 6) is 0.630. The molecule has 0 atom stereocenters. The summed E-state index contributed by atoms with van der Waals surface area (Å²) in [5, 5.41) is 8.21. The number of nitrogens with zero attached hydrogens (tertiary/aromatic N) is 2. The van der Waals surface area contributed by atoms with Gasteiger partial charge in [0.15, 0.2) is 5.82 Å². The molecule has 94 valence electrons. The summed E-state index contributed by atoms with van der Waals surface area (Å²) in [6, 6.07) is 5.62. The number of fused-ring (bicyclic) bond motifs is 1. The summed E-state index contributed by atoms with van der Waals surface area (Å²) in [4.78, 5) is 13.4. The quantitative estimate of drug-likeness (QED) is 0.603. The Bertz CT molecular complexity index is 601. The normalized spacial score (nSPS) is 15.7. The van der Waals surface area contributed by atoms with Crippen LogP contribution in [0.2, 0.25) is 0 Å². The van der Waals surface area contributed by atoms with Crippen molar-refractivity contribution in [3.63, 3.8) is 0 Å². The molecule has 1 aromatic carbocycles. The van der Waals surface area contributed by atoms with Gasteiger partial charge in [-0.15, -0.1) is 0 Å². The molecule has 0 saturated carbocycles. The standard InChI is InChI=1S/C12H14N4O2/c1-18-12(17)7-5-16(6-7)11-9-4-8(13)2-3-10(9)14-15-11/h2-4,7H,5-6,13H2,1H3,(H,14,15). The molecule has 0 amide bonds. The van der Waals surface area contributed by atoms with E-state index in [4.69, 9.17) is 10.5 Å². The third-order valence-electron chi connectivity index (χ3n) is 3.28. The van der Waals surface area contributed by atoms with Crippen LogP contribution in [0.15, 0.2) is 18.2 Å². The van der Waals surface area contributed by atoms with Gasteiger partial charge >= 0.3 is 5.97 Å². The molecule has 1 aromatic heterocycles. The first-order chi connectivity index (χ1) is 8.69. The van der Waals surface area contributed by atoms with Crippen LogP contribution < -0.4 is 10.6 Å². The van der Waals surface area contributed by atoms with Crippen molar-refractivity contribution >= 4 is 28.4 Å². The Morgan fingerprint density at radius 2 is 2.33 bits per heavy atom. The summed E-state index contributed by atoms with van der Waals surface area (Å²) < 4.78 is 4.71. The minimum absolute atomic E-state index is 0.0530. The lowest BCUT2D eigenvalue weighted by molar-refractivity contribution is -0.146. The third kappa shape index (κ3) is 1.57. The highest BCUT2D eigenvalue weighted by Crippen LogP contribution is 2.31. The molecule has 6 nitrogen and oxygen atoms in total. The molecule has 1 aliphatic rings. The zero-order valence-corrected chi connectivity index (χ0v) is 10.0. The molecule has 0 spiro atoms. The number of anilines is 2. The van der Waals surface area contributed by atoms with E-state index in [-0.39, 0.29) is 11.9 Å². The van der Waals surface area contributed by atoms with Crippen molar-refractivity contribution in [2.45, 2.75) is 0 Å². The summed E-state index contributed by atoms with van der Waals surface area (Å²) in [5.41, 5.74) is 7.42. The first-order valence-electron chi connectivity index (χ1n) is 5.75. The van der Waals surface area contributed by atoms with Gasteiger partial charge in [-0.1, -0.05) is 0 Å². The Morgan fingerprint density at radius 1 is 1.56 bits per heavy atom. The molecule has 0 unspecified atom stereocenters. The number of H-pyrrole nitrogens is 1. The van der Waals surface area contributed by atoms with Crippen LogP contribution in [0.4, 0.5) is 11.5 Å². The molecule has 2 aromatic rings. The zero-order valence-electron chi connectivity index (χ0n) is 10.0. The maximum Gasteiger partial charge on any atom is 0.312 e. The minimum Gasteiger partial charge on any atom is -0.469 e. The number of aromatic amines is 1. The number of ether oxygens (including phenoxy) is 1. The van der Waals surface area contributed by atoms with Gasteiger partial charge in [0.2, 0.25) is 0 Å². The van der Waals surface area contributed by atoms with Gasteiger partial charge in [-0.05, 0) is 18.2 Å². The van der Waals surface area contributed by atoms with Gasteiger partial charge in [0.05, 0.1) is 18.5 Å². The average molecular weight is 246 g/mol. The number of carbonyl (C=O) groups excluding carboxylic acids is 1. The van der Waals surface area contributed by atoms with E-state index >= 15 is 0 Å². The number of nitrogens with two attached hydrogens (primary N) is 1. The van der Waals surface area contributed by atoms with Crippen molar-refractivity contribution in [2.75, 3.05) is 30.8 Å². The second kappa shape index (κ2) is 3.90. The van der Waals surface area contributed by atoms with Crippen molar-refractivity contribution in [3.8, 4) is 0 Å². The largest absolute Gasteiger partial charge is 0.469 e. The number of aromatic nitrogens is 2. The van der Waals surface area contributed by atoms with Gasteiger partial charge in [0.1, 0.15) is 0 Å². The van der Waals surface area contributed by atoms with Crippen LogP contribution in [0.25, 0.3) is 10.9 Å². The Hall–Kier alpha value is -2.24. The van der Waals surface area contributed by atoms with E-state index in [0.29, 0.717) is 18.8 Å². The van der Waals surface area contributed by atoms with E-state index in [9.17, 15) is 4.79 Å². The Kier molecular flexibility index (Phi) is 2.36. The Balaban J connectivity index is 1.84. The molecule has 1 fully saturated rings. The lowest BCUT2D eigenvalue weighted by Gasteiger charge is -2.37. The SMILES string of the molecule is COC(=O)C1CN(c2n[nH]c3ccc(N)cc23)C1. The van der Waals surface area contributed by atoms with Crippen LogP contribution in [-0.4, -0.2) is 36.4 Å². The van der Waals surface area contributed by atoms with E-state index < -0.39 is 0 Å². The summed E-state index contributed by atoms with van der Waals surface area (Å²) in [6.45, 7) is 1.28. The number of rotatable bonds is 2. The van der Waals surface area contributed by atoms with Crippen LogP contribution in [0, 0.1) is 5.92 Å². The average Bonchev–Trinajstić information content (AvgIpc) is 2.70. The topological polar surface area (TPSA) is 84.2 Å². The van der Waals surface area contributed by atoms with Gasteiger partial charge in [0, 0.05) is 24.2 Å². The molecule has 1 aliphatic heterocycles. The zero-order chi connectivity index (χ0) is 12.7. The van der Waals surface area contributed by atoms with Crippen molar-refractivity contribution in [3.05, 3.63) is 18.2 Å². The van der Waals surface area contributed by atoms with Crippen molar-refractivity contribution in [1.29, 1.82) is 0 Å². The number of carbonyl (C=O) groups is 1. The van der Waals surface area contributed by atoms with E-state index in [1.807, 2.05) is 23.1 Å². The highest BCUT2D eigenvalue weighted by Gasteiger charge is 2.35. The summed E-state index contributed by atoms with van der Waals surface area (Å²) in [7, 11) is 1.41. The fourth-order valence-electron chi connectivity index (χ4n) is 2.23. The summed E-state index contributed by atoms with van der Waals surface area (Å²) >= 11 is 0. The third-order valence-corrected chi connectivity index (χ3v) is 3.28. The molecule has 3 rings (SSSR count). The number of methoxy groups -OCH3 is 1. The van der Waals surface area contributed by atoms with Crippen LogP contribution in [0.5, 0.6) is 0 Å². The molecule has 0 radical (unpaired) electrons. The van der Waals surface area contributed by atoms with Crippen molar-refractivity contribution in [1.82, 2.24) is 10.2 Å². The van der Waals surface area contributed by atoms with Gasteiger partial charge in [0.25, 0.3) is 0 Å². The highest BCUT2D eigenvalue weighted by atomic mass is 16.5. The fraction of sp³-hybridized carbons (Fsp3) is 0.333. The minimum atomic E-state index is -0.161. The molecule has 3 N–H and O–H groups in total. The van der Waals surface area contributed by atoms with Crippen LogP contribution in [0.1, 0.15) is 0 Å². The van der Waals surface area contributed by atoms with Crippen molar-refractivity contribution < 1.29 is 9.53 Å². The maximum atomic E-state index is 11.3. The first-order valence-corrected chi connectivity index (χ1v) is 5.75. The molecular weight excluding hydrogens is 232 g/mol. The van der Waals surface area contributed by atoms with E-state index in [1.54, 1.807) is 0 Å². The van der Waals surface area contributed by atoms with Crippen LogP contribution >= 0.6 is 0 Å². The molecule has 0 bridgehead atoms. The lowest BCUT2D eigenvalue weighted by Crippen LogP contribution is -2.51. The fourth-order valence-corrected chi connectivity index (χ4v) is 2.23. The number of esters is 1. The van der Waals surface area contributed by atoms with E-state index in [1.165, 1.54) is 7.11 Å². The van der Waals surface area contributed by atoms with Crippen LogP contribution in [-0.2, 0) is 9.53 Å². The number of benzene rings is 1. The predicted octanol–water partition coefficient (Wildman–Crippen LogP) is 0.754. The number of nitrogen functional groups attached to an aromatic ring is 1. The maximum absolute atomic E-state index is 11.3. The van der Waals surface area contributed by atoms with Gasteiger partial charge < -0.3 is 15.4 Å². The van der Waals surface area contributed by atoms with Gasteiger partial charge in [-0.25, -0.2) is 0 Å². The monoisotopic (exact) mass is 246 g/mol. The number of hydrogen-bond acceptors (Lipinski definition) is 5. The first kappa shape index (κ1) is 10.9. The molecular formula is C12H14N4O2. The Labute approximate surface area is 104 Å². The molecule has 6 heteroatoms. The second-order valence-corrected chi connectivity index (χ2v) is 4.48. The summed E-state index contributed by atoms with van der Waals surface area (Å²) in [6.07, 6.45) is 0. The highest BCUT2D eigenvalue weighted by molar-refractivity contribution is 5.93. The van der Waals surface area contributed by atoms with Crippen molar-refractivity contribution in [2.24, 2.45) is 5.92 Å². The second-order valence-electron chi connectivity index (χ2n) is 4.48. The molecule has 2 heterocycles. The van der Waals surface area contributed by atoms with Crippen LogP contribution in [0.3, 0.4) is 0 Å². The van der Waals surface area contributed by atoms with Gasteiger partial charge in [-0.3, -0.25) is 9.89 Å².